The van der Waals surface area contributed by atoms with E-state index in [1.807, 2.05) is 25.7 Å². The summed E-state index contributed by atoms with van der Waals surface area (Å²) in [6.07, 6.45) is 0.525. The molecule has 1 fully saturated rings. The summed E-state index contributed by atoms with van der Waals surface area (Å²) in [5.41, 5.74) is -0.162. The van der Waals surface area contributed by atoms with E-state index in [9.17, 15) is 9.59 Å². The van der Waals surface area contributed by atoms with Crippen molar-refractivity contribution in [3.63, 3.8) is 0 Å². The van der Waals surface area contributed by atoms with E-state index in [-0.39, 0.29) is 17.4 Å². The highest BCUT2D eigenvalue weighted by Crippen LogP contribution is 2.04. The Bertz CT molecular complexity index is 302. The van der Waals surface area contributed by atoms with Gasteiger partial charge in [-0.25, -0.2) is 0 Å². The first-order chi connectivity index (χ1) is 8.28. The first-order valence-corrected chi connectivity index (χ1v) is 6.57. The molecule has 1 aliphatic heterocycles. The minimum absolute atomic E-state index is 0.0940. The van der Waals surface area contributed by atoms with Crippen molar-refractivity contribution in [1.82, 2.24) is 15.1 Å². The van der Waals surface area contributed by atoms with E-state index < -0.39 is 0 Å². The van der Waals surface area contributed by atoms with Gasteiger partial charge in [0.2, 0.25) is 11.8 Å². The first-order valence-electron chi connectivity index (χ1n) is 6.57. The zero-order chi connectivity index (χ0) is 13.8. The smallest absolute Gasteiger partial charge is 0.221 e. The topological polar surface area (TPSA) is 52.7 Å². The summed E-state index contributed by atoms with van der Waals surface area (Å²) < 4.78 is 0. The van der Waals surface area contributed by atoms with Crippen LogP contribution in [-0.2, 0) is 9.59 Å². The Morgan fingerprint density at radius 2 is 1.67 bits per heavy atom. The van der Waals surface area contributed by atoms with Gasteiger partial charge in [-0.05, 0) is 20.8 Å². The maximum Gasteiger partial charge on any atom is 0.221 e. The Kier molecular flexibility index (Phi) is 5.14. The molecule has 1 aliphatic rings. The Balaban J connectivity index is 2.22. The fourth-order valence-corrected chi connectivity index (χ4v) is 2.03. The van der Waals surface area contributed by atoms with Crippen LogP contribution in [0.5, 0.6) is 0 Å². The molecular formula is C13H25N3O2. The number of rotatable bonds is 3. The lowest BCUT2D eigenvalue weighted by atomic mass is 10.1. The minimum atomic E-state index is -0.162. The maximum absolute atomic E-state index is 11.7. The summed E-state index contributed by atoms with van der Waals surface area (Å²) in [6, 6.07) is 0. The maximum atomic E-state index is 11.7. The van der Waals surface area contributed by atoms with Gasteiger partial charge in [-0.1, -0.05) is 0 Å². The van der Waals surface area contributed by atoms with Crippen LogP contribution in [0.1, 0.15) is 34.1 Å². The molecule has 0 radical (unpaired) electrons. The summed E-state index contributed by atoms with van der Waals surface area (Å²) >= 11 is 0. The largest absolute Gasteiger partial charge is 0.351 e. The average Bonchev–Trinajstić information content (AvgIpc) is 2.24. The third kappa shape index (κ3) is 5.49. The highest BCUT2D eigenvalue weighted by Gasteiger charge is 2.19. The Hall–Kier alpha value is -1.10. The highest BCUT2D eigenvalue weighted by atomic mass is 16.2. The molecule has 5 heteroatoms. The van der Waals surface area contributed by atoms with Crippen LogP contribution in [0.4, 0.5) is 0 Å². The molecule has 0 aromatic carbocycles. The van der Waals surface area contributed by atoms with E-state index in [2.05, 4.69) is 10.2 Å². The van der Waals surface area contributed by atoms with Crippen LogP contribution >= 0.6 is 0 Å². The number of nitrogens with zero attached hydrogens (tertiary/aromatic N) is 2. The van der Waals surface area contributed by atoms with Gasteiger partial charge in [0, 0.05) is 51.6 Å². The number of carbonyl (C=O) groups excluding carboxylic acids is 2. The molecule has 0 unspecified atom stereocenters. The molecule has 1 rings (SSSR count). The predicted molar refractivity (Wildman–Crippen MR) is 71.2 cm³/mol. The third-order valence-electron chi connectivity index (χ3n) is 2.99. The van der Waals surface area contributed by atoms with Gasteiger partial charge >= 0.3 is 0 Å². The van der Waals surface area contributed by atoms with Crippen molar-refractivity contribution in [3.05, 3.63) is 0 Å². The standard InChI is InChI=1S/C13H25N3O2/c1-11(17)16-9-7-15(8-10-16)6-5-12(18)14-13(2,3)4/h5-10H2,1-4H3,(H,14,18). The fourth-order valence-electron chi connectivity index (χ4n) is 2.03. The highest BCUT2D eigenvalue weighted by molar-refractivity contribution is 5.76. The molecule has 18 heavy (non-hydrogen) atoms. The monoisotopic (exact) mass is 255 g/mol. The number of piperazine rings is 1. The van der Waals surface area contributed by atoms with Crippen LogP contribution in [0.15, 0.2) is 0 Å². The molecule has 0 atom stereocenters. The van der Waals surface area contributed by atoms with E-state index in [0.717, 1.165) is 32.7 Å². The molecule has 0 bridgehead atoms. The summed E-state index contributed by atoms with van der Waals surface area (Å²) in [7, 11) is 0. The van der Waals surface area contributed by atoms with E-state index in [1.54, 1.807) is 6.92 Å². The molecule has 0 aromatic heterocycles. The van der Waals surface area contributed by atoms with Crippen molar-refractivity contribution < 1.29 is 9.59 Å². The average molecular weight is 255 g/mol. The lowest BCUT2D eigenvalue weighted by Crippen LogP contribution is -2.49. The fraction of sp³-hybridized carbons (Fsp3) is 0.846. The number of nitrogens with one attached hydrogen (secondary N) is 1. The van der Waals surface area contributed by atoms with Gasteiger partial charge < -0.3 is 10.2 Å². The second kappa shape index (κ2) is 6.18. The van der Waals surface area contributed by atoms with E-state index in [0.29, 0.717) is 6.42 Å². The van der Waals surface area contributed by atoms with Crippen LogP contribution in [0.25, 0.3) is 0 Å². The van der Waals surface area contributed by atoms with Gasteiger partial charge in [0.25, 0.3) is 0 Å². The third-order valence-corrected chi connectivity index (χ3v) is 2.99. The Labute approximate surface area is 110 Å². The molecule has 5 nitrogen and oxygen atoms in total. The zero-order valence-electron chi connectivity index (χ0n) is 12.0. The molecule has 0 aliphatic carbocycles. The van der Waals surface area contributed by atoms with Crippen LogP contribution < -0.4 is 5.32 Å². The molecule has 0 spiro atoms. The number of carbonyl (C=O) groups is 2. The van der Waals surface area contributed by atoms with Crippen molar-refractivity contribution in [2.45, 2.75) is 39.7 Å². The lowest BCUT2D eigenvalue weighted by Gasteiger charge is -2.34. The number of hydrogen-bond donors (Lipinski definition) is 1. The van der Waals surface area contributed by atoms with Gasteiger partial charge in [0.1, 0.15) is 0 Å². The lowest BCUT2D eigenvalue weighted by molar-refractivity contribution is -0.131. The summed E-state index contributed by atoms with van der Waals surface area (Å²) in [4.78, 5) is 26.9. The van der Waals surface area contributed by atoms with E-state index in [1.165, 1.54) is 0 Å². The van der Waals surface area contributed by atoms with Crippen LogP contribution in [0, 0.1) is 0 Å². The number of hydrogen-bond acceptors (Lipinski definition) is 3. The molecule has 0 aromatic rings. The molecule has 2 amide bonds. The van der Waals surface area contributed by atoms with Crippen molar-refractivity contribution >= 4 is 11.8 Å². The molecule has 1 saturated heterocycles. The molecule has 104 valence electrons. The van der Waals surface area contributed by atoms with Crippen LogP contribution in [0.3, 0.4) is 0 Å². The van der Waals surface area contributed by atoms with Gasteiger partial charge in [0.15, 0.2) is 0 Å². The minimum Gasteiger partial charge on any atom is -0.351 e. The van der Waals surface area contributed by atoms with Crippen molar-refractivity contribution in [2.24, 2.45) is 0 Å². The quantitative estimate of drug-likeness (QED) is 0.797. The van der Waals surface area contributed by atoms with Crippen LogP contribution in [-0.4, -0.2) is 59.9 Å². The van der Waals surface area contributed by atoms with E-state index in [4.69, 9.17) is 0 Å². The van der Waals surface area contributed by atoms with Gasteiger partial charge in [-0.2, -0.15) is 0 Å². The SMILES string of the molecule is CC(=O)N1CCN(CCC(=O)NC(C)(C)C)CC1. The summed E-state index contributed by atoms with van der Waals surface area (Å²) in [5.74, 6) is 0.233. The second-order valence-corrected chi connectivity index (χ2v) is 5.90. The van der Waals surface area contributed by atoms with Gasteiger partial charge in [0.05, 0.1) is 0 Å². The van der Waals surface area contributed by atoms with Crippen molar-refractivity contribution in [1.29, 1.82) is 0 Å². The molecular weight excluding hydrogens is 230 g/mol. The normalized spacial score (nSPS) is 17.7. The van der Waals surface area contributed by atoms with E-state index >= 15 is 0 Å². The number of amides is 2. The van der Waals surface area contributed by atoms with Crippen molar-refractivity contribution in [2.75, 3.05) is 32.7 Å². The molecule has 1 N–H and O–H groups in total. The zero-order valence-corrected chi connectivity index (χ0v) is 12.0. The molecule has 0 saturated carbocycles. The second-order valence-electron chi connectivity index (χ2n) is 5.90. The summed E-state index contributed by atoms with van der Waals surface area (Å²) in [5, 5.41) is 2.96. The van der Waals surface area contributed by atoms with Gasteiger partial charge in [-0.15, -0.1) is 0 Å². The Morgan fingerprint density at radius 1 is 1.11 bits per heavy atom. The first kappa shape index (κ1) is 15.0. The predicted octanol–water partition coefficient (Wildman–Crippen LogP) is 0.455. The molecule has 1 heterocycles. The van der Waals surface area contributed by atoms with Crippen molar-refractivity contribution in [3.8, 4) is 0 Å². The Morgan fingerprint density at radius 3 is 2.11 bits per heavy atom. The summed E-state index contributed by atoms with van der Waals surface area (Å²) in [6.45, 7) is 11.6. The van der Waals surface area contributed by atoms with Gasteiger partial charge in [-0.3, -0.25) is 14.5 Å². The van der Waals surface area contributed by atoms with Crippen LogP contribution in [0.2, 0.25) is 0 Å².